The van der Waals surface area contributed by atoms with Gasteiger partial charge in [0.05, 0.1) is 0 Å². The zero-order valence-corrected chi connectivity index (χ0v) is 8.22. The summed E-state index contributed by atoms with van der Waals surface area (Å²) in [7, 11) is 0. The fourth-order valence-corrected chi connectivity index (χ4v) is 0.714. The summed E-state index contributed by atoms with van der Waals surface area (Å²) in [5.41, 5.74) is -0.688. The van der Waals surface area contributed by atoms with Crippen LogP contribution in [0.5, 0.6) is 0 Å². The second kappa shape index (κ2) is 4.63. The first kappa shape index (κ1) is 13.2. The van der Waals surface area contributed by atoms with E-state index in [9.17, 15) is 18.0 Å². The van der Waals surface area contributed by atoms with Crippen LogP contribution in [0.3, 0.4) is 0 Å². The van der Waals surface area contributed by atoms with Crippen LogP contribution in [0.2, 0.25) is 0 Å². The smallest absolute Gasteiger partial charge is 0.411 e. The van der Waals surface area contributed by atoms with E-state index in [-0.39, 0.29) is 6.47 Å². The molecule has 0 aliphatic rings. The molecule has 1 atom stereocenters. The van der Waals surface area contributed by atoms with Gasteiger partial charge in [0.15, 0.2) is 0 Å². The lowest BCUT2D eigenvalue weighted by Crippen LogP contribution is -2.35. The van der Waals surface area contributed by atoms with E-state index in [1.54, 1.807) is 20.8 Å². The van der Waals surface area contributed by atoms with Gasteiger partial charge in [-0.05, 0) is 0 Å². The molecule has 84 valence electrons. The van der Waals surface area contributed by atoms with Crippen LogP contribution in [0.1, 0.15) is 20.8 Å². The number of carbonyl (C=O) groups excluding carboxylic acids is 1. The van der Waals surface area contributed by atoms with Crippen molar-refractivity contribution in [3.63, 3.8) is 0 Å². The fourth-order valence-electron chi connectivity index (χ4n) is 0.714. The Morgan fingerprint density at radius 3 is 2.07 bits per heavy atom. The molecule has 0 aliphatic carbocycles. The Morgan fingerprint density at radius 2 is 1.79 bits per heavy atom. The molecule has 3 nitrogen and oxygen atoms in total. The van der Waals surface area contributed by atoms with Gasteiger partial charge in [0.1, 0.15) is 6.61 Å². The van der Waals surface area contributed by atoms with E-state index in [1.165, 1.54) is 0 Å². The summed E-state index contributed by atoms with van der Waals surface area (Å²) >= 11 is 0. The maximum Gasteiger partial charge on any atom is 0.411 e. The highest BCUT2D eigenvalue weighted by molar-refractivity contribution is 5.37. The predicted molar refractivity (Wildman–Crippen MR) is 42.4 cm³/mol. The van der Waals surface area contributed by atoms with Gasteiger partial charge in [0.2, 0.25) is 6.29 Å². The molecule has 0 fully saturated rings. The SMILES string of the molecule is CC(C)(C)C(OC=O)OCC(F)(F)F. The van der Waals surface area contributed by atoms with Gasteiger partial charge in [-0.25, -0.2) is 0 Å². The highest BCUT2D eigenvalue weighted by Crippen LogP contribution is 2.25. The minimum Gasteiger partial charge on any atom is -0.437 e. The van der Waals surface area contributed by atoms with Crippen LogP contribution < -0.4 is 0 Å². The largest absolute Gasteiger partial charge is 0.437 e. The molecular formula is C8H13F3O3. The van der Waals surface area contributed by atoms with Crippen molar-refractivity contribution >= 4 is 6.47 Å². The van der Waals surface area contributed by atoms with E-state index in [4.69, 9.17) is 0 Å². The van der Waals surface area contributed by atoms with Gasteiger partial charge >= 0.3 is 6.18 Å². The van der Waals surface area contributed by atoms with E-state index in [1.807, 2.05) is 0 Å². The number of hydrogen-bond acceptors (Lipinski definition) is 3. The van der Waals surface area contributed by atoms with Crippen molar-refractivity contribution < 1.29 is 27.4 Å². The molecule has 0 spiro atoms. The van der Waals surface area contributed by atoms with Crippen LogP contribution in [0.4, 0.5) is 13.2 Å². The molecule has 0 saturated carbocycles. The Morgan fingerprint density at radius 1 is 1.29 bits per heavy atom. The van der Waals surface area contributed by atoms with Gasteiger partial charge in [-0.2, -0.15) is 13.2 Å². The highest BCUT2D eigenvalue weighted by Gasteiger charge is 2.34. The number of carbonyl (C=O) groups is 1. The van der Waals surface area contributed by atoms with Crippen molar-refractivity contribution in [3.05, 3.63) is 0 Å². The Labute approximate surface area is 80.2 Å². The summed E-state index contributed by atoms with van der Waals surface area (Å²) in [4.78, 5) is 10.0. The number of rotatable bonds is 4. The average Bonchev–Trinajstić information content (AvgIpc) is 1.93. The van der Waals surface area contributed by atoms with E-state index < -0.39 is 24.5 Å². The van der Waals surface area contributed by atoms with Gasteiger partial charge in [-0.3, -0.25) is 4.79 Å². The summed E-state index contributed by atoms with van der Waals surface area (Å²) in [6, 6.07) is 0. The predicted octanol–water partition coefficient (Wildman–Crippen LogP) is 2.11. The lowest BCUT2D eigenvalue weighted by Gasteiger charge is -2.28. The molecule has 1 unspecified atom stereocenters. The molecule has 0 heterocycles. The van der Waals surface area contributed by atoms with Crippen LogP contribution in [0.15, 0.2) is 0 Å². The van der Waals surface area contributed by atoms with Crippen molar-refractivity contribution in [1.82, 2.24) is 0 Å². The van der Waals surface area contributed by atoms with Gasteiger partial charge in [-0.15, -0.1) is 0 Å². The zero-order valence-electron chi connectivity index (χ0n) is 8.22. The lowest BCUT2D eigenvalue weighted by atomic mass is 9.96. The standard InChI is InChI=1S/C8H13F3O3/c1-7(2,3)6(14-5-12)13-4-8(9,10)11/h5-6H,4H2,1-3H3. The fraction of sp³-hybridized carbons (Fsp3) is 0.875. The lowest BCUT2D eigenvalue weighted by molar-refractivity contribution is -0.244. The first-order chi connectivity index (χ1) is 6.17. The highest BCUT2D eigenvalue weighted by atomic mass is 19.4. The number of halogens is 3. The minimum atomic E-state index is -4.42. The molecule has 0 amide bonds. The third kappa shape index (κ3) is 5.80. The summed E-state index contributed by atoms with van der Waals surface area (Å²) in [5, 5.41) is 0. The quantitative estimate of drug-likeness (QED) is 0.531. The molecular weight excluding hydrogens is 201 g/mol. The third-order valence-corrected chi connectivity index (χ3v) is 1.28. The first-order valence-electron chi connectivity index (χ1n) is 3.94. The molecule has 0 aromatic carbocycles. The molecule has 0 rings (SSSR count). The normalized spacial score (nSPS) is 15.0. The Kier molecular flexibility index (Phi) is 4.38. The van der Waals surface area contributed by atoms with Crippen LogP contribution >= 0.6 is 0 Å². The average molecular weight is 214 g/mol. The van der Waals surface area contributed by atoms with E-state index in [2.05, 4.69) is 9.47 Å². The Balaban J connectivity index is 4.18. The van der Waals surface area contributed by atoms with Crippen LogP contribution in [0.25, 0.3) is 0 Å². The Hall–Kier alpha value is -0.780. The van der Waals surface area contributed by atoms with Crippen molar-refractivity contribution in [1.29, 1.82) is 0 Å². The van der Waals surface area contributed by atoms with Crippen LogP contribution in [0, 0.1) is 5.41 Å². The van der Waals surface area contributed by atoms with Gasteiger partial charge in [-0.1, -0.05) is 20.8 Å². The molecule has 0 radical (unpaired) electrons. The zero-order chi connectivity index (χ0) is 11.4. The second-order valence-electron chi connectivity index (χ2n) is 3.86. The van der Waals surface area contributed by atoms with Crippen molar-refractivity contribution in [3.8, 4) is 0 Å². The summed E-state index contributed by atoms with van der Waals surface area (Å²) < 4.78 is 44.2. The van der Waals surface area contributed by atoms with Crippen LogP contribution in [-0.2, 0) is 14.3 Å². The van der Waals surface area contributed by atoms with E-state index >= 15 is 0 Å². The minimum absolute atomic E-state index is 0.0757. The number of ether oxygens (including phenoxy) is 2. The molecule has 0 bridgehead atoms. The van der Waals surface area contributed by atoms with Crippen LogP contribution in [-0.4, -0.2) is 25.5 Å². The van der Waals surface area contributed by atoms with Gasteiger partial charge in [0.25, 0.3) is 6.47 Å². The Bertz CT molecular complexity index is 183. The molecule has 14 heavy (non-hydrogen) atoms. The number of hydrogen-bond donors (Lipinski definition) is 0. The molecule has 0 aliphatic heterocycles. The van der Waals surface area contributed by atoms with E-state index in [0.29, 0.717) is 0 Å². The second-order valence-corrected chi connectivity index (χ2v) is 3.86. The van der Waals surface area contributed by atoms with Gasteiger partial charge < -0.3 is 9.47 Å². The molecule has 0 saturated heterocycles. The first-order valence-corrected chi connectivity index (χ1v) is 3.94. The monoisotopic (exact) mass is 214 g/mol. The van der Waals surface area contributed by atoms with Crippen molar-refractivity contribution in [2.75, 3.05) is 6.61 Å². The summed E-state index contributed by atoms with van der Waals surface area (Å²) in [5.74, 6) is 0. The van der Waals surface area contributed by atoms with Crippen molar-refractivity contribution in [2.24, 2.45) is 5.41 Å². The van der Waals surface area contributed by atoms with Gasteiger partial charge in [0, 0.05) is 5.41 Å². The molecule has 6 heteroatoms. The number of alkyl halides is 3. The third-order valence-electron chi connectivity index (χ3n) is 1.28. The maximum absolute atomic E-state index is 11.8. The summed E-state index contributed by atoms with van der Waals surface area (Å²) in [6.07, 6.45) is -5.61. The molecule has 0 aromatic heterocycles. The molecule has 0 N–H and O–H groups in total. The maximum atomic E-state index is 11.8. The topological polar surface area (TPSA) is 35.5 Å². The molecule has 0 aromatic rings. The summed E-state index contributed by atoms with van der Waals surface area (Å²) in [6.45, 7) is 3.47. The van der Waals surface area contributed by atoms with Crippen molar-refractivity contribution in [2.45, 2.75) is 33.2 Å². The van der Waals surface area contributed by atoms with E-state index in [0.717, 1.165) is 0 Å².